The molecule has 0 fully saturated rings. The highest BCUT2D eigenvalue weighted by molar-refractivity contribution is 5.71. The topological polar surface area (TPSA) is 78.9 Å². The lowest BCUT2D eigenvalue weighted by Gasteiger charge is -2.18. The second-order valence-electron chi connectivity index (χ2n) is 17.7. The highest BCUT2D eigenvalue weighted by Gasteiger charge is 2.19. The van der Waals surface area contributed by atoms with Crippen LogP contribution in [-0.4, -0.2) is 37.2 Å². The lowest BCUT2D eigenvalue weighted by Crippen LogP contribution is -2.30. The maximum Gasteiger partial charge on any atom is 0.306 e. The van der Waals surface area contributed by atoms with Crippen LogP contribution in [0.1, 0.15) is 220 Å². The molecule has 0 saturated heterocycles. The molecule has 0 aromatic rings. The van der Waals surface area contributed by atoms with E-state index in [-0.39, 0.29) is 38.0 Å². The monoisotopic (exact) mass is 965 g/mol. The summed E-state index contributed by atoms with van der Waals surface area (Å²) in [5, 5.41) is 0. The molecule has 0 bridgehead atoms. The van der Waals surface area contributed by atoms with E-state index < -0.39 is 12.1 Å². The molecule has 6 heteroatoms. The number of hydrogen-bond acceptors (Lipinski definition) is 6. The molecule has 0 aromatic heterocycles. The first-order valence-corrected chi connectivity index (χ1v) is 27.8. The molecule has 70 heavy (non-hydrogen) atoms. The summed E-state index contributed by atoms with van der Waals surface area (Å²) in [4.78, 5) is 38.0. The van der Waals surface area contributed by atoms with Crippen molar-refractivity contribution in [1.82, 2.24) is 0 Å². The van der Waals surface area contributed by atoms with Gasteiger partial charge in [0, 0.05) is 19.3 Å². The van der Waals surface area contributed by atoms with Crippen LogP contribution in [0.15, 0.2) is 146 Å². The van der Waals surface area contributed by atoms with Crippen molar-refractivity contribution < 1.29 is 28.6 Å². The van der Waals surface area contributed by atoms with Crippen molar-refractivity contribution in [3.63, 3.8) is 0 Å². The minimum absolute atomic E-state index is 0.124. The average molecular weight is 965 g/mol. The van der Waals surface area contributed by atoms with Gasteiger partial charge in [0.25, 0.3) is 0 Å². The quantitative estimate of drug-likeness (QED) is 0.0262. The van der Waals surface area contributed by atoms with Crippen molar-refractivity contribution in [2.24, 2.45) is 0 Å². The Morgan fingerprint density at radius 3 is 0.929 bits per heavy atom. The summed E-state index contributed by atoms with van der Waals surface area (Å²) in [7, 11) is 0. The number of carbonyl (C=O) groups is 3. The molecule has 0 aliphatic heterocycles. The van der Waals surface area contributed by atoms with Crippen LogP contribution in [-0.2, 0) is 28.6 Å². The summed E-state index contributed by atoms with van der Waals surface area (Å²) in [5.74, 6) is -1.06. The smallest absolute Gasteiger partial charge is 0.306 e. The molecular formula is C64H100O6. The minimum Gasteiger partial charge on any atom is -0.462 e. The first-order chi connectivity index (χ1) is 34.5. The van der Waals surface area contributed by atoms with Crippen LogP contribution in [0.4, 0.5) is 0 Å². The number of rotatable bonds is 48. The standard InChI is InChI=1S/C64H100O6/c1-4-7-10-13-16-19-22-25-26-27-28-29-30-31-32-33-34-35-36-37-38-40-42-45-48-51-54-57-63(66)69-60-61(59-68-62(65)56-53-50-47-44-41-24-21-18-15-12-9-6-3)70-64(67)58-55-52-49-46-43-39-23-20-17-14-11-8-5-2/h7-8,10-11,16-17,19-20,25-26,28-29,31-32,34-35,37-39,42-43,45,49,52,61H,4-6,9,12-15,18,21-24,27,30,33,36,40-41,44,46-48,50-51,53-60H2,1-3H3/b10-7-,11-8-,19-16-,20-17-,26-25-,29-28-,32-31-,35-34-,38-37-,43-39-,45-42-,52-49-. The van der Waals surface area contributed by atoms with Gasteiger partial charge < -0.3 is 14.2 Å². The zero-order valence-corrected chi connectivity index (χ0v) is 44.7. The first-order valence-electron chi connectivity index (χ1n) is 27.8. The van der Waals surface area contributed by atoms with Gasteiger partial charge in [0.05, 0.1) is 0 Å². The summed E-state index contributed by atoms with van der Waals surface area (Å²) >= 11 is 0. The third-order valence-corrected chi connectivity index (χ3v) is 11.1. The van der Waals surface area contributed by atoms with E-state index in [1.54, 1.807) is 0 Å². The summed E-state index contributed by atoms with van der Waals surface area (Å²) < 4.78 is 16.7. The lowest BCUT2D eigenvalue weighted by atomic mass is 10.0. The molecule has 0 N–H and O–H groups in total. The largest absolute Gasteiger partial charge is 0.462 e. The Balaban J connectivity index is 4.47. The minimum atomic E-state index is -0.838. The van der Waals surface area contributed by atoms with Gasteiger partial charge in [-0.05, 0) is 109 Å². The number of carbonyl (C=O) groups excluding carboxylic acids is 3. The Kier molecular flexibility index (Phi) is 53.0. The predicted molar refractivity (Wildman–Crippen MR) is 302 cm³/mol. The molecule has 0 aromatic carbocycles. The fraction of sp³-hybridized carbons (Fsp3) is 0.578. The average Bonchev–Trinajstić information content (AvgIpc) is 3.36. The Morgan fingerprint density at radius 1 is 0.300 bits per heavy atom. The summed E-state index contributed by atoms with van der Waals surface area (Å²) in [6, 6.07) is 0. The zero-order valence-electron chi connectivity index (χ0n) is 44.7. The molecule has 0 amide bonds. The number of hydrogen-bond donors (Lipinski definition) is 0. The van der Waals surface area contributed by atoms with E-state index in [1.807, 2.05) is 12.2 Å². The Hall–Kier alpha value is -4.71. The van der Waals surface area contributed by atoms with Crippen LogP contribution < -0.4 is 0 Å². The van der Waals surface area contributed by atoms with Gasteiger partial charge in [-0.15, -0.1) is 0 Å². The van der Waals surface area contributed by atoms with E-state index in [1.165, 1.54) is 57.8 Å². The van der Waals surface area contributed by atoms with Crippen LogP contribution in [0.5, 0.6) is 0 Å². The second-order valence-corrected chi connectivity index (χ2v) is 17.7. The first kappa shape index (κ1) is 65.3. The Bertz CT molecular complexity index is 1580. The number of esters is 3. The second kappa shape index (κ2) is 56.9. The van der Waals surface area contributed by atoms with Gasteiger partial charge in [-0.1, -0.05) is 237 Å². The molecule has 0 rings (SSSR count). The molecule has 0 heterocycles. The number of ether oxygens (including phenoxy) is 3. The van der Waals surface area contributed by atoms with Crippen LogP contribution >= 0.6 is 0 Å². The fourth-order valence-electron chi connectivity index (χ4n) is 7.00. The van der Waals surface area contributed by atoms with Gasteiger partial charge in [0.15, 0.2) is 6.10 Å². The van der Waals surface area contributed by atoms with Crippen molar-refractivity contribution in [2.45, 2.75) is 226 Å². The van der Waals surface area contributed by atoms with Crippen LogP contribution in [0.25, 0.3) is 0 Å². The SMILES string of the molecule is CC/C=C\C/C=C\C/C=C\C/C=C\C/C=C\C/C=C\C/C=C\C/C=C\CCCCC(=O)OCC(COC(=O)CCCCCCCCCCCCCC)OC(=O)CC/C=C\C/C=C\C/C=C\C/C=C\CC. The van der Waals surface area contributed by atoms with E-state index in [0.29, 0.717) is 19.3 Å². The highest BCUT2D eigenvalue weighted by Crippen LogP contribution is 2.13. The summed E-state index contributed by atoms with van der Waals surface area (Å²) in [6.45, 7) is 6.29. The molecule has 0 radical (unpaired) electrons. The predicted octanol–water partition coefficient (Wildman–Crippen LogP) is 18.8. The van der Waals surface area contributed by atoms with Crippen molar-refractivity contribution in [2.75, 3.05) is 13.2 Å². The molecule has 0 aliphatic rings. The third-order valence-electron chi connectivity index (χ3n) is 11.1. The van der Waals surface area contributed by atoms with Gasteiger partial charge in [-0.25, -0.2) is 0 Å². The van der Waals surface area contributed by atoms with E-state index >= 15 is 0 Å². The van der Waals surface area contributed by atoms with E-state index in [9.17, 15) is 14.4 Å². The number of unbranched alkanes of at least 4 members (excludes halogenated alkanes) is 13. The van der Waals surface area contributed by atoms with Crippen molar-refractivity contribution >= 4 is 17.9 Å². The molecule has 1 unspecified atom stereocenters. The van der Waals surface area contributed by atoms with Gasteiger partial charge in [-0.3, -0.25) is 14.4 Å². The highest BCUT2D eigenvalue weighted by atomic mass is 16.6. The molecule has 0 saturated carbocycles. The van der Waals surface area contributed by atoms with Crippen molar-refractivity contribution in [3.05, 3.63) is 146 Å². The van der Waals surface area contributed by atoms with Crippen LogP contribution in [0.2, 0.25) is 0 Å². The Morgan fingerprint density at radius 2 is 0.586 bits per heavy atom. The molecule has 6 nitrogen and oxygen atoms in total. The molecule has 392 valence electrons. The van der Waals surface area contributed by atoms with Gasteiger partial charge in [0.2, 0.25) is 0 Å². The van der Waals surface area contributed by atoms with Crippen LogP contribution in [0.3, 0.4) is 0 Å². The van der Waals surface area contributed by atoms with Gasteiger partial charge in [0.1, 0.15) is 13.2 Å². The molecular weight excluding hydrogens is 865 g/mol. The summed E-state index contributed by atoms with van der Waals surface area (Å²) in [5.41, 5.74) is 0. The molecule has 0 aliphatic carbocycles. The zero-order chi connectivity index (χ0) is 50.7. The van der Waals surface area contributed by atoms with E-state index in [0.717, 1.165) is 109 Å². The lowest BCUT2D eigenvalue weighted by molar-refractivity contribution is -0.166. The van der Waals surface area contributed by atoms with E-state index in [4.69, 9.17) is 14.2 Å². The van der Waals surface area contributed by atoms with Crippen molar-refractivity contribution in [3.8, 4) is 0 Å². The normalized spacial score (nSPS) is 13.2. The van der Waals surface area contributed by atoms with E-state index in [2.05, 4.69) is 154 Å². The number of allylic oxidation sites excluding steroid dienone is 24. The third kappa shape index (κ3) is 54.2. The van der Waals surface area contributed by atoms with Crippen molar-refractivity contribution in [1.29, 1.82) is 0 Å². The summed E-state index contributed by atoms with van der Waals surface area (Å²) in [6.07, 6.45) is 81.4. The van der Waals surface area contributed by atoms with Crippen LogP contribution in [0, 0.1) is 0 Å². The maximum absolute atomic E-state index is 12.8. The molecule has 0 spiro atoms. The Labute approximate surface area is 429 Å². The maximum atomic E-state index is 12.8. The molecule has 1 atom stereocenters. The fourth-order valence-corrected chi connectivity index (χ4v) is 7.00. The van der Waals surface area contributed by atoms with Gasteiger partial charge in [-0.2, -0.15) is 0 Å². The van der Waals surface area contributed by atoms with Gasteiger partial charge >= 0.3 is 17.9 Å².